The predicted octanol–water partition coefficient (Wildman–Crippen LogP) is 2.35. The van der Waals surface area contributed by atoms with E-state index in [1.807, 2.05) is 24.3 Å². The standard InChI is InChI=1S/C15H16N2O3S2/c18-14-3-1-9-17(14)13-7-5-12(6-8-13)11-16-22(19,20)15-4-2-10-21-15/h2,4-8,10,16H,1,3,9,11H2. The van der Waals surface area contributed by atoms with Crippen molar-refractivity contribution in [2.45, 2.75) is 23.6 Å². The van der Waals surface area contributed by atoms with Crippen LogP contribution < -0.4 is 9.62 Å². The lowest BCUT2D eigenvalue weighted by molar-refractivity contribution is -0.117. The topological polar surface area (TPSA) is 66.5 Å². The van der Waals surface area contributed by atoms with Gasteiger partial charge in [-0.3, -0.25) is 4.79 Å². The molecule has 1 fully saturated rings. The van der Waals surface area contributed by atoms with Crippen molar-refractivity contribution in [1.29, 1.82) is 0 Å². The van der Waals surface area contributed by atoms with Gasteiger partial charge in [0.15, 0.2) is 0 Å². The Labute approximate surface area is 133 Å². The quantitative estimate of drug-likeness (QED) is 0.911. The molecule has 1 aliphatic rings. The summed E-state index contributed by atoms with van der Waals surface area (Å²) >= 11 is 1.19. The monoisotopic (exact) mass is 336 g/mol. The molecule has 2 heterocycles. The zero-order chi connectivity index (χ0) is 15.6. The minimum atomic E-state index is -3.45. The van der Waals surface area contributed by atoms with Crippen LogP contribution in [0.4, 0.5) is 5.69 Å². The molecule has 0 spiro atoms. The maximum Gasteiger partial charge on any atom is 0.250 e. The minimum absolute atomic E-state index is 0.145. The van der Waals surface area contributed by atoms with Crippen molar-refractivity contribution in [2.24, 2.45) is 0 Å². The van der Waals surface area contributed by atoms with Crippen molar-refractivity contribution in [3.05, 3.63) is 47.3 Å². The summed E-state index contributed by atoms with van der Waals surface area (Å²) in [5, 5.41) is 1.73. The number of anilines is 1. The summed E-state index contributed by atoms with van der Waals surface area (Å²) in [6, 6.07) is 10.7. The van der Waals surface area contributed by atoms with Crippen LogP contribution in [0.25, 0.3) is 0 Å². The molecule has 7 heteroatoms. The molecule has 1 aliphatic heterocycles. The van der Waals surface area contributed by atoms with Gasteiger partial charge in [0.2, 0.25) is 15.9 Å². The first-order valence-electron chi connectivity index (χ1n) is 6.99. The van der Waals surface area contributed by atoms with Crippen molar-refractivity contribution in [3.8, 4) is 0 Å². The second-order valence-corrected chi connectivity index (χ2v) is 8.01. The first-order chi connectivity index (χ1) is 10.6. The van der Waals surface area contributed by atoms with Gasteiger partial charge < -0.3 is 4.90 Å². The van der Waals surface area contributed by atoms with Crippen LogP contribution in [-0.2, 0) is 21.4 Å². The number of sulfonamides is 1. The second kappa shape index (κ2) is 6.20. The molecule has 1 saturated heterocycles. The largest absolute Gasteiger partial charge is 0.312 e. The zero-order valence-corrected chi connectivity index (χ0v) is 13.5. The SMILES string of the molecule is O=C1CCCN1c1ccc(CNS(=O)(=O)c2cccs2)cc1. The Bertz CT molecular complexity index is 753. The van der Waals surface area contributed by atoms with Gasteiger partial charge in [0.1, 0.15) is 4.21 Å². The number of thiophene rings is 1. The van der Waals surface area contributed by atoms with Gasteiger partial charge in [-0.15, -0.1) is 11.3 Å². The van der Waals surface area contributed by atoms with Crippen molar-refractivity contribution in [3.63, 3.8) is 0 Å². The molecule has 3 rings (SSSR count). The second-order valence-electron chi connectivity index (χ2n) is 5.07. The summed E-state index contributed by atoms with van der Waals surface area (Å²) in [5.74, 6) is 0.145. The normalized spacial score (nSPS) is 15.5. The van der Waals surface area contributed by atoms with Crippen LogP contribution >= 0.6 is 11.3 Å². The van der Waals surface area contributed by atoms with E-state index in [1.165, 1.54) is 11.3 Å². The number of hydrogen-bond donors (Lipinski definition) is 1. The molecule has 22 heavy (non-hydrogen) atoms. The van der Waals surface area contributed by atoms with Crippen LogP contribution in [0.5, 0.6) is 0 Å². The van der Waals surface area contributed by atoms with Gasteiger partial charge in [-0.2, -0.15) is 0 Å². The third-order valence-corrected chi connectivity index (χ3v) is 6.35. The zero-order valence-electron chi connectivity index (χ0n) is 11.9. The molecule has 2 aromatic rings. The van der Waals surface area contributed by atoms with E-state index in [0.717, 1.165) is 24.2 Å². The predicted molar refractivity (Wildman–Crippen MR) is 86.4 cm³/mol. The van der Waals surface area contributed by atoms with Gasteiger partial charge in [-0.1, -0.05) is 18.2 Å². The highest BCUT2D eigenvalue weighted by molar-refractivity contribution is 7.91. The number of hydrogen-bond acceptors (Lipinski definition) is 4. The Morgan fingerprint density at radius 3 is 2.55 bits per heavy atom. The molecule has 0 atom stereocenters. The molecule has 0 radical (unpaired) electrons. The average Bonchev–Trinajstić information content (AvgIpc) is 3.17. The molecule has 1 amide bonds. The molecule has 1 aromatic carbocycles. The van der Waals surface area contributed by atoms with Crippen LogP contribution in [0, 0.1) is 0 Å². The van der Waals surface area contributed by atoms with E-state index in [0.29, 0.717) is 10.6 Å². The molecule has 0 aliphatic carbocycles. The van der Waals surface area contributed by atoms with Crippen LogP contribution in [0.1, 0.15) is 18.4 Å². The van der Waals surface area contributed by atoms with Crippen molar-refractivity contribution in [2.75, 3.05) is 11.4 Å². The van der Waals surface area contributed by atoms with E-state index in [9.17, 15) is 13.2 Å². The molecule has 5 nitrogen and oxygen atoms in total. The molecular formula is C15H16N2O3S2. The molecule has 1 aromatic heterocycles. The van der Waals surface area contributed by atoms with E-state index >= 15 is 0 Å². The fraction of sp³-hybridized carbons (Fsp3) is 0.267. The van der Waals surface area contributed by atoms with Gasteiger partial charge in [0, 0.05) is 25.2 Å². The highest BCUT2D eigenvalue weighted by Gasteiger charge is 2.21. The fourth-order valence-corrected chi connectivity index (χ4v) is 4.44. The third-order valence-electron chi connectivity index (χ3n) is 3.55. The third kappa shape index (κ3) is 3.21. The van der Waals surface area contributed by atoms with Gasteiger partial charge in [0.25, 0.3) is 0 Å². The Balaban J connectivity index is 1.65. The van der Waals surface area contributed by atoms with E-state index < -0.39 is 10.0 Å². The first kappa shape index (κ1) is 15.2. The minimum Gasteiger partial charge on any atom is -0.312 e. The number of carbonyl (C=O) groups is 1. The number of nitrogens with one attached hydrogen (secondary N) is 1. The molecule has 1 N–H and O–H groups in total. The fourth-order valence-electron chi connectivity index (χ4n) is 2.38. The molecule has 116 valence electrons. The number of nitrogens with zero attached hydrogens (tertiary/aromatic N) is 1. The van der Waals surface area contributed by atoms with Gasteiger partial charge in [-0.25, -0.2) is 13.1 Å². The number of rotatable bonds is 5. The summed E-state index contributed by atoms with van der Waals surface area (Å²) in [4.78, 5) is 13.4. The maximum atomic E-state index is 12.0. The van der Waals surface area contributed by atoms with Gasteiger partial charge >= 0.3 is 0 Å². The molecule has 0 saturated carbocycles. The molecule has 0 unspecified atom stereocenters. The number of amides is 1. The highest BCUT2D eigenvalue weighted by atomic mass is 32.2. The summed E-state index contributed by atoms with van der Waals surface area (Å²) < 4.78 is 27.0. The van der Waals surface area contributed by atoms with Crippen LogP contribution in [0.15, 0.2) is 46.0 Å². The van der Waals surface area contributed by atoms with Gasteiger partial charge in [0.05, 0.1) is 0 Å². The lowest BCUT2D eigenvalue weighted by Gasteiger charge is -2.16. The Morgan fingerprint density at radius 2 is 1.95 bits per heavy atom. The van der Waals surface area contributed by atoms with Crippen molar-refractivity contribution >= 4 is 33.0 Å². The molecular weight excluding hydrogens is 320 g/mol. The van der Waals surface area contributed by atoms with Crippen LogP contribution in [0.2, 0.25) is 0 Å². The number of carbonyl (C=O) groups excluding carboxylic acids is 1. The Hall–Kier alpha value is -1.70. The first-order valence-corrected chi connectivity index (χ1v) is 9.35. The van der Waals surface area contributed by atoms with Crippen molar-refractivity contribution < 1.29 is 13.2 Å². The summed E-state index contributed by atoms with van der Waals surface area (Å²) in [7, 11) is -3.45. The van der Waals surface area contributed by atoms with Crippen LogP contribution in [0.3, 0.4) is 0 Å². The average molecular weight is 336 g/mol. The van der Waals surface area contributed by atoms with Crippen molar-refractivity contribution in [1.82, 2.24) is 4.72 Å². The Morgan fingerprint density at radius 1 is 1.18 bits per heavy atom. The van der Waals surface area contributed by atoms with E-state index in [2.05, 4.69) is 4.72 Å². The smallest absolute Gasteiger partial charge is 0.250 e. The summed E-state index contributed by atoms with van der Waals surface area (Å²) in [5.41, 5.74) is 1.72. The van der Waals surface area contributed by atoms with E-state index in [-0.39, 0.29) is 12.5 Å². The Kier molecular flexibility index (Phi) is 4.28. The number of benzene rings is 1. The molecule has 0 bridgehead atoms. The summed E-state index contributed by atoms with van der Waals surface area (Å²) in [6.07, 6.45) is 1.49. The van der Waals surface area contributed by atoms with Gasteiger partial charge in [-0.05, 0) is 35.6 Å². The highest BCUT2D eigenvalue weighted by Crippen LogP contribution is 2.22. The summed E-state index contributed by atoms with van der Waals surface area (Å²) in [6.45, 7) is 0.984. The van der Waals surface area contributed by atoms with Crippen LogP contribution in [-0.4, -0.2) is 20.9 Å². The van der Waals surface area contributed by atoms with E-state index in [4.69, 9.17) is 0 Å². The lowest BCUT2D eigenvalue weighted by atomic mass is 10.2. The maximum absolute atomic E-state index is 12.0. The van der Waals surface area contributed by atoms with E-state index in [1.54, 1.807) is 22.4 Å². The lowest BCUT2D eigenvalue weighted by Crippen LogP contribution is -2.24.